The van der Waals surface area contributed by atoms with Crippen LogP contribution >= 0.6 is 0 Å². The highest BCUT2D eigenvalue weighted by molar-refractivity contribution is 5.49. The van der Waals surface area contributed by atoms with Gasteiger partial charge in [-0.2, -0.15) is 10.2 Å². The lowest BCUT2D eigenvalue weighted by Crippen LogP contribution is -2.24. The molecule has 1 fully saturated rings. The quantitative estimate of drug-likeness (QED) is 0.841. The summed E-state index contributed by atoms with van der Waals surface area (Å²) in [6, 6.07) is 2.57. The van der Waals surface area contributed by atoms with Crippen molar-refractivity contribution in [3.05, 3.63) is 34.8 Å². The zero-order chi connectivity index (χ0) is 14.3. The first-order valence-electron chi connectivity index (χ1n) is 7.13. The average molecular weight is 271 g/mol. The molecular weight excluding hydrogens is 250 g/mol. The van der Waals surface area contributed by atoms with Crippen molar-refractivity contribution < 1.29 is 0 Å². The Morgan fingerprint density at radius 2 is 2.00 bits per heavy atom. The average Bonchev–Trinajstić information content (AvgIpc) is 2.99. The summed E-state index contributed by atoms with van der Waals surface area (Å²) in [6.45, 7) is 10.4. The predicted octanol–water partition coefficient (Wildman–Crippen LogP) is 2.36. The van der Waals surface area contributed by atoms with Crippen molar-refractivity contribution >= 4 is 5.82 Å². The van der Waals surface area contributed by atoms with Crippen molar-refractivity contribution in [2.45, 2.75) is 40.2 Å². The number of hydrogen-bond donors (Lipinski definition) is 0. The van der Waals surface area contributed by atoms with Crippen LogP contribution in [0.25, 0.3) is 0 Å². The smallest absolute Gasteiger partial charge is 0.154 e. The van der Waals surface area contributed by atoms with Crippen LogP contribution in [-0.2, 0) is 0 Å². The summed E-state index contributed by atoms with van der Waals surface area (Å²) in [5.74, 6) is 1.02. The van der Waals surface area contributed by atoms with Crippen LogP contribution in [0.1, 0.15) is 35.0 Å². The Morgan fingerprint density at radius 1 is 1.20 bits per heavy atom. The molecule has 1 unspecified atom stereocenters. The molecule has 0 bridgehead atoms. The summed E-state index contributed by atoms with van der Waals surface area (Å²) in [6.07, 6.45) is 2.93. The third-order valence-electron chi connectivity index (χ3n) is 4.18. The third kappa shape index (κ3) is 2.17. The first-order valence-corrected chi connectivity index (χ1v) is 7.13. The van der Waals surface area contributed by atoms with Crippen molar-refractivity contribution in [2.24, 2.45) is 0 Å². The Kier molecular flexibility index (Phi) is 3.20. The molecule has 3 heterocycles. The first kappa shape index (κ1) is 13.1. The predicted molar refractivity (Wildman–Crippen MR) is 79.1 cm³/mol. The number of nitrogens with zero attached hydrogens (tertiary/aromatic N) is 5. The van der Waals surface area contributed by atoms with E-state index in [-0.39, 0.29) is 0 Å². The van der Waals surface area contributed by atoms with Crippen molar-refractivity contribution in [3.8, 4) is 0 Å². The van der Waals surface area contributed by atoms with Crippen molar-refractivity contribution in [2.75, 3.05) is 18.0 Å². The van der Waals surface area contributed by atoms with Gasteiger partial charge in [0, 0.05) is 18.8 Å². The second-order valence-corrected chi connectivity index (χ2v) is 5.74. The van der Waals surface area contributed by atoms with E-state index in [4.69, 9.17) is 0 Å². The largest absolute Gasteiger partial charge is 0.353 e. The van der Waals surface area contributed by atoms with Gasteiger partial charge in [0.05, 0.1) is 17.9 Å². The molecule has 0 spiro atoms. The minimum Gasteiger partial charge on any atom is -0.353 e. The van der Waals surface area contributed by atoms with E-state index in [9.17, 15) is 0 Å². The minimum absolute atomic E-state index is 0.436. The van der Waals surface area contributed by atoms with Crippen LogP contribution in [0.4, 0.5) is 5.82 Å². The van der Waals surface area contributed by atoms with Gasteiger partial charge in [-0.1, -0.05) is 0 Å². The van der Waals surface area contributed by atoms with Crippen LogP contribution in [0.15, 0.2) is 12.3 Å². The van der Waals surface area contributed by atoms with Crippen LogP contribution in [0.2, 0.25) is 0 Å². The molecule has 1 saturated heterocycles. The van der Waals surface area contributed by atoms with Crippen LogP contribution in [0.5, 0.6) is 0 Å². The van der Waals surface area contributed by atoms with Gasteiger partial charge >= 0.3 is 0 Å². The summed E-state index contributed by atoms with van der Waals surface area (Å²) in [4.78, 5) is 2.33. The van der Waals surface area contributed by atoms with E-state index >= 15 is 0 Å². The van der Waals surface area contributed by atoms with Crippen LogP contribution < -0.4 is 4.90 Å². The van der Waals surface area contributed by atoms with Gasteiger partial charge in [-0.3, -0.25) is 4.68 Å². The molecule has 1 aliphatic rings. The normalized spacial score (nSPS) is 18.8. The highest BCUT2D eigenvalue weighted by atomic mass is 15.4. The first-order chi connectivity index (χ1) is 9.56. The van der Waals surface area contributed by atoms with Crippen molar-refractivity contribution in [3.63, 3.8) is 0 Å². The molecule has 5 heteroatoms. The SMILES string of the molecule is Cc1cc(C)n(C2CCN(c3nncc(C)c3C)C2)n1. The summed E-state index contributed by atoms with van der Waals surface area (Å²) < 4.78 is 2.16. The maximum atomic E-state index is 4.61. The van der Waals surface area contributed by atoms with Gasteiger partial charge < -0.3 is 4.90 Å². The summed E-state index contributed by atoms with van der Waals surface area (Å²) in [5, 5.41) is 13.0. The molecule has 5 nitrogen and oxygen atoms in total. The van der Waals surface area contributed by atoms with E-state index in [1.807, 2.05) is 13.1 Å². The van der Waals surface area contributed by atoms with Crippen molar-refractivity contribution in [1.29, 1.82) is 0 Å². The lowest BCUT2D eigenvalue weighted by molar-refractivity contribution is 0.481. The maximum Gasteiger partial charge on any atom is 0.154 e. The zero-order valence-electron chi connectivity index (χ0n) is 12.6. The van der Waals surface area contributed by atoms with Crippen LogP contribution in [-0.4, -0.2) is 33.1 Å². The zero-order valence-corrected chi connectivity index (χ0v) is 12.6. The fourth-order valence-corrected chi connectivity index (χ4v) is 2.97. The van der Waals surface area contributed by atoms with E-state index in [0.717, 1.165) is 31.0 Å². The number of aromatic nitrogens is 4. The Hall–Kier alpha value is -1.91. The molecule has 20 heavy (non-hydrogen) atoms. The van der Waals surface area contributed by atoms with E-state index < -0.39 is 0 Å². The molecule has 106 valence electrons. The van der Waals surface area contributed by atoms with Gasteiger partial charge in [-0.25, -0.2) is 0 Å². The van der Waals surface area contributed by atoms with Gasteiger partial charge in [0.15, 0.2) is 5.82 Å². The monoisotopic (exact) mass is 271 g/mol. The molecular formula is C15H21N5. The van der Waals surface area contributed by atoms with E-state index in [2.05, 4.69) is 51.7 Å². The standard InChI is InChI=1S/C15H21N5/c1-10-8-16-17-15(13(10)4)19-6-5-14(9-19)20-12(3)7-11(2)18-20/h7-8,14H,5-6,9H2,1-4H3. The molecule has 0 amide bonds. The van der Waals surface area contributed by atoms with Gasteiger partial charge in [0.1, 0.15) is 0 Å². The number of hydrogen-bond acceptors (Lipinski definition) is 4. The second-order valence-electron chi connectivity index (χ2n) is 5.74. The minimum atomic E-state index is 0.436. The lowest BCUT2D eigenvalue weighted by Gasteiger charge is -2.20. The van der Waals surface area contributed by atoms with E-state index in [1.54, 1.807) is 0 Å². The van der Waals surface area contributed by atoms with Crippen LogP contribution in [0.3, 0.4) is 0 Å². The number of anilines is 1. The van der Waals surface area contributed by atoms with Crippen LogP contribution in [0, 0.1) is 27.7 Å². The van der Waals surface area contributed by atoms with Gasteiger partial charge in [-0.05, 0) is 51.3 Å². The summed E-state index contributed by atoms with van der Waals surface area (Å²) in [5.41, 5.74) is 4.76. The molecule has 0 aromatic carbocycles. The summed E-state index contributed by atoms with van der Waals surface area (Å²) >= 11 is 0. The highest BCUT2D eigenvalue weighted by Gasteiger charge is 2.27. The third-order valence-corrected chi connectivity index (χ3v) is 4.18. The van der Waals surface area contributed by atoms with Gasteiger partial charge in [0.25, 0.3) is 0 Å². The van der Waals surface area contributed by atoms with Gasteiger partial charge in [0.2, 0.25) is 0 Å². The molecule has 1 atom stereocenters. The van der Waals surface area contributed by atoms with E-state index in [1.165, 1.54) is 16.8 Å². The molecule has 0 radical (unpaired) electrons. The Labute approximate surface area is 119 Å². The molecule has 0 saturated carbocycles. The lowest BCUT2D eigenvalue weighted by atomic mass is 10.2. The molecule has 0 aliphatic carbocycles. The Bertz CT molecular complexity index is 631. The Morgan fingerprint density at radius 3 is 2.70 bits per heavy atom. The topological polar surface area (TPSA) is 46.8 Å². The molecule has 3 rings (SSSR count). The maximum absolute atomic E-state index is 4.61. The van der Waals surface area contributed by atoms with E-state index in [0.29, 0.717) is 6.04 Å². The molecule has 2 aromatic rings. The fraction of sp³-hybridized carbons (Fsp3) is 0.533. The fourth-order valence-electron chi connectivity index (χ4n) is 2.97. The Balaban J connectivity index is 1.83. The second kappa shape index (κ2) is 4.89. The summed E-state index contributed by atoms with van der Waals surface area (Å²) in [7, 11) is 0. The number of aryl methyl sites for hydroxylation is 3. The number of rotatable bonds is 2. The molecule has 1 aliphatic heterocycles. The molecule has 2 aromatic heterocycles. The van der Waals surface area contributed by atoms with Gasteiger partial charge in [-0.15, -0.1) is 5.10 Å². The molecule has 0 N–H and O–H groups in total. The highest BCUT2D eigenvalue weighted by Crippen LogP contribution is 2.28. The van der Waals surface area contributed by atoms with Crippen molar-refractivity contribution in [1.82, 2.24) is 20.0 Å².